The Labute approximate surface area is 84.7 Å². The van der Waals surface area contributed by atoms with Gasteiger partial charge in [-0.2, -0.15) is 0 Å². The van der Waals surface area contributed by atoms with Crippen LogP contribution in [-0.4, -0.2) is 40.2 Å². The van der Waals surface area contributed by atoms with E-state index in [1.54, 1.807) is 0 Å². The Morgan fingerprint density at radius 1 is 0.909 bits per heavy atom. The Kier molecular flexibility index (Phi) is 1570. The van der Waals surface area contributed by atoms with Gasteiger partial charge in [-0.3, -0.25) is 0 Å². The fourth-order valence-corrected chi connectivity index (χ4v) is 0. The summed E-state index contributed by atoms with van der Waals surface area (Å²) < 4.78 is 8.64. The molecule has 0 aliphatic carbocycles. The molecule has 11 heteroatoms. The van der Waals surface area contributed by atoms with Gasteiger partial charge in [-0.25, -0.2) is 0 Å². The molecule has 0 aliphatic rings. The molecule has 12 N–H and O–H groups in total. The van der Waals surface area contributed by atoms with Crippen molar-refractivity contribution in [1.29, 1.82) is 0 Å². The Bertz CT molecular complexity index is 23.5. The van der Waals surface area contributed by atoms with E-state index in [9.17, 15) is 0 Å². The van der Waals surface area contributed by atoms with Crippen LogP contribution in [0.1, 0.15) is 0 Å². The van der Waals surface area contributed by atoms with E-state index in [0.717, 1.165) is 0 Å². The zero-order valence-corrected chi connectivity index (χ0v) is 7.80. The van der Waals surface area contributed by atoms with Gasteiger partial charge in [-0.1, -0.05) is 0 Å². The van der Waals surface area contributed by atoms with Gasteiger partial charge in [0.05, 0.1) is 0 Å². The van der Waals surface area contributed by atoms with Gasteiger partial charge in [0.2, 0.25) is 0 Å². The third-order valence-electron chi connectivity index (χ3n) is 0.0393. The molecule has 0 aliphatic heterocycles. The first-order chi connectivity index (χ1) is 1.91. The van der Waals surface area contributed by atoms with Crippen LogP contribution in [0.25, 0.3) is 0 Å². The van der Waals surface area contributed by atoms with Crippen molar-refractivity contribution in [3.8, 4) is 0 Å². The molecule has 0 heterocycles. The van der Waals surface area contributed by atoms with Crippen LogP contribution in [0.2, 0.25) is 0 Å². The second-order valence-corrected chi connectivity index (χ2v) is 0.192. The van der Waals surface area contributed by atoms with Gasteiger partial charge in [-0.15, -0.1) is 0 Å². The zero-order valence-electron chi connectivity index (χ0n) is 5.80. The summed E-state index contributed by atoms with van der Waals surface area (Å²) in [5, 5.41) is 8.43. The Balaban J connectivity index is -0.00000000214. The summed E-state index contributed by atoms with van der Waals surface area (Å²) in [6.45, 7) is 0. The van der Waals surface area contributed by atoms with E-state index in [1.165, 1.54) is 0 Å². The normalized spacial score (nSPS) is 1.55. The van der Waals surface area contributed by atoms with Crippen LogP contribution >= 0.6 is 0 Å². The van der Waals surface area contributed by atoms with Gasteiger partial charge in [0.15, 0.2) is 0 Å². The second-order valence-electron chi connectivity index (χ2n) is 0.192. The maximum absolute atomic E-state index is 8.64. The molecule has 0 atom stereocenters. The summed E-state index contributed by atoms with van der Waals surface area (Å²) >= 11 is 0. The first kappa shape index (κ1) is 107. The quantitative estimate of drug-likeness (QED) is 0.222. The van der Waals surface area contributed by atoms with Crippen LogP contribution in [0.3, 0.4) is 0 Å². The molecule has 0 saturated heterocycles. The van der Waals surface area contributed by atoms with Crippen molar-refractivity contribution in [2.24, 2.45) is 0 Å². The molecule has 0 saturated carbocycles. The van der Waals surface area contributed by atoms with Crippen LogP contribution < -0.4 is 34.8 Å². The smallest absolute Gasteiger partial charge is 1.00 e. The summed E-state index contributed by atoms with van der Waals surface area (Å²) in [5.41, 5.74) is 0. The predicted molar refractivity (Wildman–Crippen MR) is 29.2 cm³/mol. The zero-order chi connectivity index (χ0) is 3.41. The van der Waals surface area contributed by atoms with Gasteiger partial charge in [0, 0.05) is 0 Å². The molecule has 0 bridgehead atoms. The number of hydrogen-bond acceptors (Lipinski definition) is 3. The Hall–Kier alpha value is 0.385. The van der Waals surface area contributed by atoms with Crippen molar-refractivity contribution in [3.05, 3.63) is 0 Å². The first-order valence-corrected chi connectivity index (χ1v) is 0.638. The van der Waals surface area contributed by atoms with Crippen LogP contribution in [0.15, 0.2) is 0 Å². The molecule has 0 aromatic heterocycles. The summed E-state index contributed by atoms with van der Waals surface area (Å²) in [4.78, 5) is 2.61. The van der Waals surface area contributed by atoms with Crippen molar-refractivity contribution in [1.82, 2.24) is 0 Å². The minimum Gasteiger partial charge on any atom is 1.00 e. The molecule has 0 amide bonds. The maximum atomic E-state index is 8.64. The van der Waals surface area contributed by atoms with Gasteiger partial charge in [0.25, 0.3) is 0 Å². The molecular formula is H12BNaO9. The Morgan fingerprint density at radius 2 is 1.00 bits per heavy atom. The molecular weight excluding hydrogens is 178 g/mol. The summed E-state index contributed by atoms with van der Waals surface area (Å²) in [6, 6.07) is 0. The molecule has 0 aromatic rings. The van der Waals surface area contributed by atoms with Crippen molar-refractivity contribution >= 4 is 7.35 Å². The minimum absolute atomic E-state index is 0. The number of rotatable bonds is 1. The topological polar surface area (TPSA) is 238 Å². The van der Waals surface area contributed by atoms with Crippen molar-refractivity contribution in [3.63, 3.8) is 0 Å². The van der Waals surface area contributed by atoms with Crippen LogP contribution in [0, 0.1) is 0 Å². The molecule has 11 heavy (non-hydrogen) atoms. The predicted octanol–water partition coefficient (Wildman–Crippen LogP) is -9.70. The summed E-state index contributed by atoms with van der Waals surface area (Å²) in [5.74, 6) is 0. The Morgan fingerprint density at radius 3 is 1.00 bits per heavy atom. The molecule has 70 valence electrons. The van der Waals surface area contributed by atoms with E-state index in [4.69, 9.17) is 9.96 Å². The average molecular weight is 190 g/mol. The van der Waals surface area contributed by atoms with Crippen molar-refractivity contribution < 1.29 is 77.2 Å². The molecule has 0 rings (SSSR count). The fourth-order valence-electron chi connectivity index (χ4n) is 0. The molecule has 0 unspecified atom stereocenters. The van der Waals surface area contributed by atoms with E-state index < -0.39 is 0 Å². The van der Waals surface area contributed by atoms with Gasteiger partial charge >= 0.3 is 51.7 Å². The largest absolute Gasteiger partial charge is 1.00 e. The third kappa shape index (κ3) is 381. The van der Waals surface area contributed by atoms with E-state index in [-0.39, 0.29) is 69.8 Å². The molecule has 0 spiro atoms. The molecule has 0 radical (unpaired) electrons. The van der Waals surface area contributed by atoms with Crippen molar-refractivity contribution in [2.75, 3.05) is 0 Å². The first-order valence-electron chi connectivity index (χ1n) is 0.638. The van der Waals surface area contributed by atoms with Gasteiger partial charge in [-0.05, 0) is 0 Å². The number of hydrogen-bond donors (Lipinski definition) is 0. The average Bonchev–Trinajstić information content (AvgIpc) is 1.37. The fraction of sp³-hybridized carbons (Fsp3) is 0. The van der Waals surface area contributed by atoms with Gasteiger partial charge in [0.1, 0.15) is 0 Å². The second kappa shape index (κ2) is 161. The van der Waals surface area contributed by atoms with Crippen LogP contribution in [0.5, 0.6) is 0 Å². The van der Waals surface area contributed by atoms with E-state index in [0.29, 0.717) is 0 Å². The summed E-state index contributed by atoms with van der Waals surface area (Å²) in [6.07, 6.45) is 0. The van der Waals surface area contributed by atoms with Crippen LogP contribution in [-0.2, 0) is 9.51 Å². The van der Waals surface area contributed by atoms with E-state index >= 15 is 0 Å². The summed E-state index contributed by atoms with van der Waals surface area (Å²) in [7, 11) is -0.181. The third-order valence-corrected chi connectivity index (χ3v) is 0.0393. The van der Waals surface area contributed by atoms with Crippen molar-refractivity contribution in [2.45, 2.75) is 0 Å². The van der Waals surface area contributed by atoms with Gasteiger partial charge < -0.3 is 32.9 Å². The van der Waals surface area contributed by atoms with E-state index in [1.807, 2.05) is 0 Å². The maximum Gasteiger partial charge on any atom is 1.00 e. The monoisotopic (exact) mass is 190 g/mol. The van der Waals surface area contributed by atoms with E-state index in [2.05, 4.69) is 4.81 Å². The molecule has 0 aromatic carbocycles. The molecule has 9 nitrogen and oxygen atoms in total. The van der Waals surface area contributed by atoms with Crippen LogP contribution in [0.4, 0.5) is 0 Å². The minimum atomic E-state index is -0.181. The standard InChI is InChI=1S/BHO3.Na.6H2O/c2-1-4-3;;;;;;;/h3H;;6*1H2/q;+1;;;;;;/p-1. The molecule has 0 fully saturated rings. The SMILES string of the molecule is O.O.O.O.O.O.O=BO[O-].[Na+].